The quantitative estimate of drug-likeness (QED) is 0.759. The second-order valence-corrected chi connectivity index (χ2v) is 8.89. The van der Waals surface area contributed by atoms with Gasteiger partial charge in [-0.1, -0.05) is 31.2 Å². The molecule has 7 heteroatoms. The number of nitrogens with zero attached hydrogens (tertiary/aromatic N) is 1. The van der Waals surface area contributed by atoms with Crippen molar-refractivity contribution in [1.82, 2.24) is 5.32 Å². The summed E-state index contributed by atoms with van der Waals surface area (Å²) >= 11 is 0. The van der Waals surface area contributed by atoms with E-state index in [4.69, 9.17) is 0 Å². The van der Waals surface area contributed by atoms with Gasteiger partial charge in [0.1, 0.15) is 11.9 Å². The van der Waals surface area contributed by atoms with Crippen LogP contribution in [0.5, 0.6) is 0 Å². The first-order chi connectivity index (χ1) is 13.0. The number of anilines is 1. The average Bonchev–Trinajstić information content (AvgIpc) is 2.60. The van der Waals surface area contributed by atoms with Gasteiger partial charge in [0.25, 0.3) is 0 Å². The van der Waals surface area contributed by atoms with Crippen LogP contribution in [0.2, 0.25) is 0 Å². The van der Waals surface area contributed by atoms with Crippen molar-refractivity contribution in [3.63, 3.8) is 0 Å². The molecule has 2 unspecified atom stereocenters. The molecule has 2 aromatic carbocycles. The molecule has 2 atom stereocenters. The number of sulfonamides is 1. The lowest BCUT2D eigenvalue weighted by Gasteiger charge is -2.30. The molecule has 2 rings (SSSR count). The summed E-state index contributed by atoms with van der Waals surface area (Å²) in [6.45, 7) is 7.47. The first kappa shape index (κ1) is 21.9. The van der Waals surface area contributed by atoms with Gasteiger partial charge in [-0.15, -0.1) is 0 Å². The number of benzene rings is 2. The highest BCUT2D eigenvalue weighted by atomic mass is 32.2. The number of carbonyl (C=O) groups is 1. The zero-order valence-corrected chi connectivity index (χ0v) is 17.7. The van der Waals surface area contributed by atoms with Crippen LogP contribution in [-0.4, -0.2) is 26.6 Å². The van der Waals surface area contributed by atoms with Crippen molar-refractivity contribution in [2.45, 2.75) is 46.2 Å². The van der Waals surface area contributed by atoms with Crippen molar-refractivity contribution in [1.29, 1.82) is 0 Å². The Hall–Kier alpha value is -2.41. The Kier molecular flexibility index (Phi) is 6.82. The first-order valence-electron chi connectivity index (χ1n) is 9.17. The highest BCUT2D eigenvalue weighted by Gasteiger charge is 2.30. The highest BCUT2D eigenvalue weighted by molar-refractivity contribution is 7.92. The summed E-state index contributed by atoms with van der Waals surface area (Å²) in [5, 5.41) is 2.93. The van der Waals surface area contributed by atoms with E-state index in [9.17, 15) is 17.6 Å². The van der Waals surface area contributed by atoms with Gasteiger partial charge in [0, 0.05) is 0 Å². The van der Waals surface area contributed by atoms with Crippen LogP contribution in [0.15, 0.2) is 42.5 Å². The fourth-order valence-corrected chi connectivity index (χ4v) is 4.28. The first-order valence-corrected chi connectivity index (χ1v) is 11.0. The van der Waals surface area contributed by atoms with Gasteiger partial charge in [-0.2, -0.15) is 0 Å². The smallest absolute Gasteiger partial charge is 0.244 e. The van der Waals surface area contributed by atoms with Crippen LogP contribution in [0, 0.1) is 19.7 Å². The molecule has 0 spiro atoms. The van der Waals surface area contributed by atoms with E-state index >= 15 is 0 Å². The summed E-state index contributed by atoms with van der Waals surface area (Å²) < 4.78 is 39.2. The average molecular weight is 407 g/mol. The third kappa shape index (κ3) is 5.10. The normalized spacial score (nSPS) is 13.6. The Labute approximate surface area is 166 Å². The molecule has 0 saturated carbocycles. The maximum Gasteiger partial charge on any atom is 0.244 e. The lowest BCUT2D eigenvalue weighted by Crippen LogP contribution is -2.48. The number of hydrogen-bond acceptors (Lipinski definition) is 3. The summed E-state index contributed by atoms with van der Waals surface area (Å²) in [6, 6.07) is 9.91. The fraction of sp³-hybridized carbons (Fsp3) is 0.381. The van der Waals surface area contributed by atoms with E-state index in [1.807, 2.05) is 39.0 Å². The number of aryl methyl sites for hydroxylation is 2. The number of nitrogens with one attached hydrogen (secondary N) is 1. The molecule has 5 nitrogen and oxygen atoms in total. The molecule has 0 heterocycles. The zero-order chi connectivity index (χ0) is 21.1. The summed E-state index contributed by atoms with van der Waals surface area (Å²) in [6.07, 6.45) is 1.65. The van der Waals surface area contributed by atoms with Gasteiger partial charge in [0.2, 0.25) is 15.9 Å². The zero-order valence-electron chi connectivity index (χ0n) is 16.9. The van der Waals surface area contributed by atoms with Crippen molar-refractivity contribution < 1.29 is 17.6 Å². The van der Waals surface area contributed by atoms with Crippen molar-refractivity contribution in [3.05, 3.63) is 65.0 Å². The minimum atomic E-state index is -3.79. The number of amides is 1. The minimum absolute atomic E-state index is 0.115. The van der Waals surface area contributed by atoms with Crippen molar-refractivity contribution in [2.24, 2.45) is 0 Å². The van der Waals surface area contributed by atoms with E-state index in [0.717, 1.165) is 33.3 Å². The molecule has 0 saturated heterocycles. The van der Waals surface area contributed by atoms with Gasteiger partial charge in [0.05, 0.1) is 18.0 Å². The largest absolute Gasteiger partial charge is 0.347 e. The minimum Gasteiger partial charge on any atom is -0.347 e. The predicted octanol–water partition coefficient (Wildman–Crippen LogP) is 3.86. The van der Waals surface area contributed by atoms with Gasteiger partial charge >= 0.3 is 0 Å². The van der Waals surface area contributed by atoms with E-state index in [1.54, 1.807) is 0 Å². The number of halogens is 1. The van der Waals surface area contributed by atoms with Crippen LogP contribution >= 0.6 is 0 Å². The third-order valence-electron chi connectivity index (χ3n) is 4.81. The Morgan fingerprint density at radius 1 is 1.14 bits per heavy atom. The molecular weight excluding hydrogens is 379 g/mol. The Bertz CT molecular complexity index is 960. The Morgan fingerprint density at radius 2 is 1.82 bits per heavy atom. The van der Waals surface area contributed by atoms with E-state index < -0.39 is 27.8 Å². The van der Waals surface area contributed by atoms with E-state index in [-0.39, 0.29) is 11.7 Å². The van der Waals surface area contributed by atoms with Crippen LogP contribution in [0.1, 0.15) is 43.0 Å². The molecule has 0 bridgehead atoms. The molecule has 28 heavy (non-hydrogen) atoms. The maximum atomic E-state index is 13.6. The van der Waals surface area contributed by atoms with E-state index in [1.165, 1.54) is 25.1 Å². The van der Waals surface area contributed by atoms with Gasteiger partial charge < -0.3 is 5.32 Å². The van der Waals surface area contributed by atoms with Crippen molar-refractivity contribution in [3.8, 4) is 0 Å². The molecule has 1 amide bonds. The van der Waals surface area contributed by atoms with Gasteiger partial charge in [-0.25, -0.2) is 12.8 Å². The third-order valence-corrected chi connectivity index (χ3v) is 6.05. The number of hydrogen-bond donors (Lipinski definition) is 1. The lowest BCUT2D eigenvalue weighted by atomic mass is 9.99. The van der Waals surface area contributed by atoms with Crippen molar-refractivity contribution >= 4 is 21.6 Å². The molecule has 0 aromatic heterocycles. The molecule has 1 N–H and O–H groups in total. The molecule has 0 aliphatic heterocycles. The highest BCUT2D eigenvalue weighted by Crippen LogP contribution is 2.24. The van der Waals surface area contributed by atoms with Crippen molar-refractivity contribution in [2.75, 3.05) is 10.6 Å². The topological polar surface area (TPSA) is 66.5 Å². The number of rotatable bonds is 7. The predicted molar refractivity (Wildman–Crippen MR) is 110 cm³/mol. The molecule has 0 radical (unpaired) electrons. The fourth-order valence-electron chi connectivity index (χ4n) is 3.12. The summed E-state index contributed by atoms with van der Waals surface area (Å²) in [5.74, 6) is -1.01. The van der Waals surface area contributed by atoms with Gasteiger partial charge in [-0.3, -0.25) is 9.10 Å². The molecule has 0 fully saturated rings. The van der Waals surface area contributed by atoms with Gasteiger partial charge in [0.15, 0.2) is 0 Å². The van der Waals surface area contributed by atoms with Gasteiger partial charge in [-0.05, 0) is 62.1 Å². The molecular formula is C21H27FN2O3S. The standard InChI is InChI=1S/C21H27FN2O3S/c1-6-20(17-11-10-14(2)15(3)12-17)23-21(25)16(4)24(28(5,26)27)19-9-7-8-18(22)13-19/h7-13,16,20H,6H2,1-5H3,(H,23,25). The second kappa shape index (κ2) is 8.73. The van der Waals surface area contributed by atoms with Crippen LogP contribution in [0.3, 0.4) is 0 Å². The Balaban J connectivity index is 2.30. The monoisotopic (exact) mass is 406 g/mol. The van der Waals surface area contributed by atoms with Crippen LogP contribution < -0.4 is 9.62 Å². The lowest BCUT2D eigenvalue weighted by molar-refractivity contribution is -0.122. The van der Waals surface area contributed by atoms with E-state index in [2.05, 4.69) is 5.32 Å². The SMILES string of the molecule is CCC(NC(=O)C(C)N(c1cccc(F)c1)S(C)(=O)=O)c1ccc(C)c(C)c1. The van der Waals surface area contributed by atoms with Crippen LogP contribution in [0.25, 0.3) is 0 Å². The van der Waals surface area contributed by atoms with Crippen LogP contribution in [0.4, 0.5) is 10.1 Å². The molecule has 0 aliphatic carbocycles. The molecule has 152 valence electrons. The second-order valence-electron chi connectivity index (χ2n) is 7.03. The summed E-state index contributed by atoms with van der Waals surface area (Å²) in [4.78, 5) is 12.9. The molecule has 2 aromatic rings. The van der Waals surface area contributed by atoms with Crippen LogP contribution in [-0.2, 0) is 14.8 Å². The van der Waals surface area contributed by atoms with E-state index in [0.29, 0.717) is 6.42 Å². The molecule has 0 aliphatic rings. The number of carbonyl (C=O) groups excluding carboxylic acids is 1. The maximum absolute atomic E-state index is 13.6. The summed E-state index contributed by atoms with van der Waals surface area (Å²) in [5.41, 5.74) is 3.36. The Morgan fingerprint density at radius 3 is 2.36 bits per heavy atom. The summed E-state index contributed by atoms with van der Waals surface area (Å²) in [7, 11) is -3.79.